The molecule has 154 valence electrons. The van der Waals surface area contributed by atoms with Gasteiger partial charge in [-0.3, -0.25) is 4.79 Å². The van der Waals surface area contributed by atoms with E-state index >= 15 is 0 Å². The summed E-state index contributed by atoms with van der Waals surface area (Å²) in [6.45, 7) is 1.23. The lowest BCUT2D eigenvalue weighted by Gasteiger charge is -2.29. The molecule has 3 rings (SSSR count). The van der Waals surface area contributed by atoms with Gasteiger partial charge in [0.25, 0.3) is 5.60 Å². The molecular weight excluding hydrogens is 498 g/mol. The molecule has 1 aliphatic heterocycles. The summed E-state index contributed by atoms with van der Waals surface area (Å²) in [5, 5.41) is 3.83. The molecule has 2 aromatic carbocycles. The molecule has 1 heterocycles. The number of esters is 1. The Morgan fingerprint density at radius 3 is 2.48 bits per heavy atom. The first-order valence-corrected chi connectivity index (χ1v) is 9.77. The third kappa shape index (κ3) is 4.54. The summed E-state index contributed by atoms with van der Waals surface area (Å²) in [5.41, 5.74) is -1.86. The number of hydrogen-bond donors (Lipinski definition) is 0. The molecule has 0 saturated carbocycles. The van der Waals surface area contributed by atoms with Gasteiger partial charge in [0, 0.05) is 39.0 Å². The van der Waals surface area contributed by atoms with Gasteiger partial charge in [0.2, 0.25) is 0 Å². The average molecular weight is 511 g/mol. The van der Waals surface area contributed by atoms with Crippen LogP contribution in [-0.4, -0.2) is 17.9 Å². The summed E-state index contributed by atoms with van der Waals surface area (Å²) in [7, 11) is 0. The first kappa shape index (κ1) is 21.9. The summed E-state index contributed by atoms with van der Waals surface area (Å²) >= 11 is 15.1. The van der Waals surface area contributed by atoms with E-state index in [0.29, 0.717) is 15.6 Å². The van der Waals surface area contributed by atoms with Gasteiger partial charge >= 0.3 is 12.1 Å². The second-order valence-corrected chi connectivity index (χ2v) is 8.10. The molecule has 0 radical (unpaired) electrons. The van der Waals surface area contributed by atoms with Crippen molar-refractivity contribution in [2.24, 2.45) is 5.16 Å². The second-order valence-electron chi connectivity index (χ2n) is 6.38. The Kier molecular flexibility index (Phi) is 6.17. The second kappa shape index (κ2) is 8.16. The molecule has 2 aromatic rings. The van der Waals surface area contributed by atoms with Gasteiger partial charge in [-0.1, -0.05) is 50.4 Å². The van der Waals surface area contributed by atoms with Crippen molar-refractivity contribution in [3.63, 3.8) is 0 Å². The zero-order chi connectivity index (χ0) is 21.4. The van der Waals surface area contributed by atoms with Gasteiger partial charge in [0.15, 0.2) is 0 Å². The number of hydrogen-bond acceptors (Lipinski definition) is 4. The van der Waals surface area contributed by atoms with Crippen LogP contribution < -0.4 is 0 Å². The molecule has 10 heteroatoms. The van der Waals surface area contributed by atoms with Crippen molar-refractivity contribution in [1.82, 2.24) is 0 Å². The predicted molar refractivity (Wildman–Crippen MR) is 106 cm³/mol. The van der Waals surface area contributed by atoms with Crippen molar-refractivity contribution in [1.29, 1.82) is 0 Å². The minimum Gasteiger partial charge on any atom is -0.461 e. The normalized spacial score (nSPS) is 18.9. The van der Waals surface area contributed by atoms with Gasteiger partial charge in [-0.25, -0.2) is 0 Å². The minimum atomic E-state index is -4.78. The van der Waals surface area contributed by atoms with Crippen LogP contribution in [0.3, 0.4) is 0 Å². The molecule has 0 spiro atoms. The lowest BCUT2D eigenvalue weighted by atomic mass is 9.86. The first-order valence-electron chi connectivity index (χ1n) is 8.22. The number of halogens is 6. The summed E-state index contributed by atoms with van der Waals surface area (Å²) in [6, 6.07) is 8.48. The van der Waals surface area contributed by atoms with Crippen LogP contribution in [0.4, 0.5) is 13.2 Å². The fraction of sp³-hybridized carbons (Fsp3) is 0.263. The van der Waals surface area contributed by atoms with Crippen molar-refractivity contribution in [2.75, 3.05) is 0 Å². The summed E-state index contributed by atoms with van der Waals surface area (Å²) in [6.07, 6.45) is -5.34. The summed E-state index contributed by atoms with van der Waals surface area (Å²) in [5.74, 6) is -0.474. The van der Waals surface area contributed by atoms with E-state index in [1.165, 1.54) is 13.0 Å². The molecule has 0 aliphatic carbocycles. The number of ether oxygens (including phenoxy) is 1. The number of alkyl halides is 3. The largest absolute Gasteiger partial charge is 0.461 e. The number of nitrogens with zero attached hydrogens (tertiary/aromatic N) is 1. The first-order chi connectivity index (χ1) is 13.5. The Morgan fingerprint density at radius 2 is 1.90 bits per heavy atom. The highest BCUT2D eigenvalue weighted by atomic mass is 79.9. The Hall–Kier alpha value is -1.77. The Bertz CT molecular complexity index is 977. The number of rotatable bonds is 4. The van der Waals surface area contributed by atoms with Crippen LogP contribution >= 0.6 is 39.1 Å². The Labute approximate surface area is 182 Å². The smallest absolute Gasteiger partial charge is 0.435 e. The Morgan fingerprint density at radius 1 is 1.24 bits per heavy atom. The highest BCUT2D eigenvalue weighted by Gasteiger charge is 2.62. The van der Waals surface area contributed by atoms with E-state index in [1.54, 1.807) is 18.2 Å². The van der Waals surface area contributed by atoms with E-state index < -0.39 is 24.2 Å². The molecule has 0 bridgehead atoms. The molecule has 4 nitrogen and oxygen atoms in total. The van der Waals surface area contributed by atoms with Crippen molar-refractivity contribution in [2.45, 2.75) is 31.7 Å². The molecule has 0 saturated heterocycles. The van der Waals surface area contributed by atoms with E-state index in [2.05, 4.69) is 21.1 Å². The van der Waals surface area contributed by atoms with Crippen molar-refractivity contribution in [3.8, 4) is 0 Å². The van der Waals surface area contributed by atoms with Gasteiger partial charge in [-0.05, 0) is 35.9 Å². The van der Waals surface area contributed by atoms with Crippen LogP contribution in [0.25, 0.3) is 0 Å². The van der Waals surface area contributed by atoms with Crippen LogP contribution in [0.2, 0.25) is 10.0 Å². The van der Waals surface area contributed by atoms with Crippen LogP contribution in [0, 0.1) is 0 Å². The quantitative estimate of drug-likeness (QED) is 0.447. The standard InChI is InChI=1S/C19H13BrCl2F3NO3/c1-10(27)28-9-12-4-11(2-3-16(12)20)17-8-18(29-26-17,19(23,24)25)13-5-14(21)7-15(22)6-13/h2-7H,8-9H2,1H3. The predicted octanol–water partition coefficient (Wildman–Crippen LogP) is 6.40. The SMILES string of the molecule is CC(=O)OCc1cc(C2=NOC(c3cc(Cl)cc(Cl)c3)(C(F)(F)F)C2)ccc1Br. The van der Waals surface area contributed by atoms with Crippen LogP contribution in [0.15, 0.2) is 46.0 Å². The average Bonchev–Trinajstić information content (AvgIpc) is 3.07. The molecule has 29 heavy (non-hydrogen) atoms. The topological polar surface area (TPSA) is 47.9 Å². The summed E-state index contributed by atoms with van der Waals surface area (Å²) in [4.78, 5) is 16.0. The molecule has 0 fully saturated rings. The zero-order valence-electron chi connectivity index (χ0n) is 14.8. The molecular formula is C19H13BrCl2F3NO3. The molecule has 0 amide bonds. The number of benzene rings is 2. The minimum absolute atomic E-state index is 0.0355. The van der Waals surface area contributed by atoms with Gasteiger partial charge in [-0.15, -0.1) is 0 Å². The molecule has 0 aromatic heterocycles. The van der Waals surface area contributed by atoms with Crippen LogP contribution in [0.1, 0.15) is 30.0 Å². The van der Waals surface area contributed by atoms with Crippen molar-refractivity contribution in [3.05, 3.63) is 67.6 Å². The molecule has 1 atom stereocenters. The zero-order valence-corrected chi connectivity index (χ0v) is 17.9. The molecule has 1 aliphatic rings. The van der Waals surface area contributed by atoms with E-state index in [1.807, 2.05) is 0 Å². The third-order valence-electron chi connectivity index (χ3n) is 4.32. The van der Waals surface area contributed by atoms with E-state index in [0.717, 1.165) is 12.1 Å². The van der Waals surface area contributed by atoms with Crippen molar-refractivity contribution >= 4 is 50.8 Å². The lowest BCUT2D eigenvalue weighted by Crippen LogP contribution is -2.42. The highest BCUT2D eigenvalue weighted by molar-refractivity contribution is 9.10. The third-order valence-corrected chi connectivity index (χ3v) is 5.53. The van der Waals surface area contributed by atoms with Crippen molar-refractivity contribution < 1.29 is 27.5 Å². The van der Waals surface area contributed by atoms with E-state index in [4.69, 9.17) is 32.8 Å². The van der Waals surface area contributed by atoms with E-state index in [-0.39, 0.29) is 27.9 Å². The summed E-state index contributed by atoms with van der Waals surface area (Å²) < 4.78 is 47.8. The number of carbonyl (C=O) groups is 1. The monoisotopic (exact) mass is 509 g/mol. The number of carbonyl (C=O) groups excluding carboxylic acids is 1. The maximum Gasteiger partial charge on any atom is 0.435 e. The van der Waals surface area contributed by atoms with Gasteiger partial charge < -0.3 is 9.57 Å². The Balaban J connectivity index is 1.97. The van der Waals surface area contributed by atoms with Crippen LogP contribution in [0.5, 0.6) is 0 Å². The van der Waals surface area contributed by atoms with Gasteiger partial charge in [0.1, 0.15) is 6.61 Å². The fourth-order valence-corrected chi connectivity index (χ4v) is 3.78. The van der Waals surface area contributed by atoms with Crippen LogP contribution in [-0.2, 0) is 26.6 Å². The number of oxime groups is 1. The highest BCUT2D eigenvalue weighted by Crippen LogP contribution is 2.49. The molecule has 1 unspecified atom stereocenters. The fourth-order valence-electron chi connectivity index (χ4n) is 2.89. The van der Waals surface area contributed by atoms with Gasteiger partial charge in [0.05, 0.1) is 5.71 Å². The van der Waals surface area contributed by atoms with Gasteiger partial charge in [-0.2, -0.15) is 13.2 Å². The lowest BCUT2D eigenvalue weighted by molar-refractivity contribution is -0.275. The molecule has 0 N–H and O–H groups in total. The maximum absolute atomic E-state index is 14.1. The maximum atomic E-state index is 14.1. The van der Waals surface area contributed by atoms with E-state index in [9.17, 15) is 18.0 Å².